The van der Waals surface area contributed by atoms with E-state index in [1.54, 1.807) is 19.5 Å². The van der Waals surface area contributed by atoms with E-state index in [1.807, 2.05) is 47.4 Å². The predicted molar refractivity (Wildman–Crippen MR) is 79.5 cm³/mol. The molecule has 0 saturated heterocycles. The summed E-state index contributed by atoms with van der Waals surface area (Å²) in [6.45, 7) is 0.620. The molecule has 0 unspecified atom stereocenters. The first-order valence-corrected chi connectivity index (χ1v) is 6.54. The molecule has 1 aromatic carbocycles. The van der Waals surface area contributed by atoms with Gasteiger partial charge in [-0.2, -0.15) is 10.1 Å². The number of hydrogen-bond acceptors (Lipinski definition) is 5. The van der Waals surface area contributed by atoms with E-state index in [-0.39, 0.29) is 0 Å². The van der Waals surface area contributed by atoms with Crippen molar-refractivity contribution in [3.05, 3.63) is 60.7 Å². The summed E-state index contributed by atoms with van der Waals surface area (Å²) in [7, 11) is 1.57. The topological polar surface area (TPSA) is 64.9 Å². The van der Waals surface area contributed by atoms with Crippen LogP contribution in [0.2, 0.25) is 0 Å². The molecule has 6 heteroatoms. The van der Waals surface area contributed by atoms with Crippen LogP contribution in [0.3, 0.4) is 0 Å². The van der Waals surface area contributed by atoms with Gasteiger partial charge in [0.2, 0.25) is 5.88 Å². The van der Waals surface area contributed by atoms with Crippen LogP contribution in [0.15, 0.2) is 55.1 Å². The molecule has 0 atom stereocenters. The third-order valence-corrected chi connectivity index (χ3v) is 2.95. The number of anilines is 1. The third kappa shape index (κ3) is 3.17. The van der Waals surface area contributed by atoms with E-state index in [0.29, 0.717) is 18.2 Å². The molecule has 0 spiro atoms. The summed E-state index contributed by atoms with van der Waals surface area (Å²) in [6.07, 6.45) is 7.03. The molecule has 0 aliphatic carbocycles. The molecule has 0 amide bonds. The Hall–Kier alpha value is -2.89. The number of para-hydroxylation sites is 1. The van der Waals surface area contributed by atoms with E-state index in [4.69, 9.17) is 4.74 Å². The lowest BCUT2D eigenvalue weighted by Crippen LogP contribution is -2.02. The molecule has 0 radical (unpaired) electrons. The smallest absolute Gasteiger partial charge is 0.233 e. The zero-order valence-corrected chi connectivity index (χ0v) is 11.6. The van der Waals surface area contributed by atoms with Crippen LogP contribution in [0.1, 0.15) is 5.56 Å². The van der Waals surface area contributed by atoms with Gasteiger partial charge in [-0.15, -0.1) is 0 Å². The summed E-state index contributed by atoms with van der Waals surface area (Å²) in [5.74, 6) is 1.15. The van der Waals surface area contributed by atoms with Crippen molar-refractivity contribution < 1.29 is 4.74 Å². The molecular weight excluding hydrogens is 266 g/mol. The van der Waals surface area contributed by atoms with Gasteiger partial charge in [0.05, 0.1) is 31.4 Å². The summed E-state index contributed by atoms with van der Waals surface area (Å²) in [4.78, 5) is 8.30. The molecule has 3 aromatic rings. The molecule has 0 aliphatic heterocycles. The van der Waals surface area contributed by atoms with Gasteiger partial charge >= 0.3 is 0 Å². The highest BCUT2D eigenvalue weighted by Crippen LogP contribution is 2.11. The van der Waals surface area contributed by atoms with Crippen LogP contribution in [0.5, 0.6) is 5.88 Å². The lowest BCUT2D eigenvalue weighted by atomic mass is 10.3. The Morgan fingerprint density at radius 1 is 1.14 bits per heavy atom. The number of nitrogens with zero attached hydrogens (tertiary/aromatic N) is 4. The lowest BCUT2D eigenvalue weighted by molar-refractivity contribution is 0.396. The van der Waals surface area contributed by atoms with Crippen molar-refractivity contribution in [2.24, 2.45) is 0 Å². The SMILES string of the molecule is COc1cncc(NCc2cnn(-c3ccccc3)c2)n1. The van der Waals surface area contributed by atoms with Crippen LogP contribution in [-0.4, -0.2) is 26.9 Å². The molecule has 0 bridgehead atoms. The number of methoxy groups -OCH3 is 1. The van der Waals surface area contributed by atoms with E-state index in [9.17, 15) is 0 Å². The summed E-state index contributed by atoms with van der Waals surface area (Å²) in [5.41, 5.74) is 2.09. The maximum absolute atomic E-state index is 5.04. The van der Waals surface area contributed by atoms with Crippen LogP contribution < -0.4 is 10.1 Å². The quantitative estimate of drug-likeness (QED) is 0.777. The summed E-state index contributed by atoms with van der Waals surface area (Å²) < 4.78 is 6.88. The molecule has 3 rings (SSSR count). The van der Waals surface area contributed by atoms with Gasteiger partial charge in [0.1, 0.15) is 5.82 Å². The monoisotopic (exact) mass is 281 g/mol. The van der Waals surface area contributed by atoms with Gasteiger partial charge in [0, 0.05) is 18.3 Å². The van der Waals surface area contributed by atoms with E-state index in [2.05, 4.69) is 20.4 Å². The van der Waals surface area contributed by atoms with Gasteiger partial charge in [-0.25, -0.2) is 4.68 Å². The van der Waals surface area contributed by atoms with Crippen LogP contribution >= 0.6 is 0 Å². The van der Waals surface area contributed by atoms with Crippen molar-refractivity contribution in [3.8, 4) is 11.6 Å². The Bertz CT molecular complexity index is 711. The second kappa shape index (κ2) is 6.04. The largest absolute Gasteiger partial charge is 0.480 e. The fourth-order valence-corrected chi connectivity index (χ4v) is 1.90. The van der Waals surface area contributed by atoms with Gasteiger partial charge in [-0.3, -0.25) is 4.98 Å². The Balaban J connectivity index is 1.67. The Kier molecular flexibility index (Phi) is 3.77. The Labute approximate surface area is 122 Å². The minimum atomic E-state index is 0.486. The fourth-order valence-electron chi connectivity index (χ4n) is 1.90. The molecular formula is C15H15N5O. The number of rotatable bonds is 5. The maximum Gasteiger partial charge on any atom is 0.233 e. The fraction of sp³-hybridized carbons (Fsp3) is 0.133. The van der Waals surface area contributed by atoms with Gasteiger partial charge in [0.15, 0.2) is 0 Å². The van der Waals surface area contributed by atoms with Crippen molar-refractivity contribution >= 4 is 5.82 Å². The van der Waals surface area contributed by atoms with Gasteiger partial charge in [0.25, 0.3) is 0 Å². The van der Waals surface area contributed by atoms with E-state index in [0.717, 1.165) is 11.3 Å². The molecule has 2 heterocycles. The first kappa shape index (κ1) is 13.1. The number of benzene rings is 1. The summed E-state index contributed by atoms with van der Waals surface area (Å²) >= 11 is 0. The van der Waals surface area contributed by atoms with Gasteiger partial charge in [-0.05, 0) is 12.1 Å². The van der Waals surface area contributed by atoms with Gasteiger partial charge < -0.3 is 10.1 Å². The van der Waals surface area contributed by atoms with Crippen LogP contribution in [0.25, 0.3) is 5.69 Å². The van der Waals surface area contributed by atoms with Crippen molar-refractivity contribution in [1.29, 1.82) is 0 Å². The van der Waals surface area contributed by atoms with Crippen LogP contribution in [0, 0.1) is 0 Å². The van der Waals surface area contributed by atoms with Crippen molar-refractivity contribution in [3.63, 3.8) is 0 Å². The second-order valence-electron chi connectivity index (χ2n) is 4.43. The van der Waals surface area contributed by atoms with E-state index >= 15 is 0 Å². The number of ether oxygens (including phenoxy) is 1. The van der Waals surface area contributed by atoms with Crippen molar-refractivity contribution in [1.82, 2.24) is 19.7 Å². The molecule has 0 saturated carbocycles. The molecule has 106 valence electrons. The van der Waals surface area contributed by atoms with Crippen LogP contribution in [-0.2, 0) is 6.54 Å². The number of nitrogens with one attached hydrogen (secondary N) is 1. The highest BCUT2D eigenvalue weighted by molar-refractivity contribution is 5.35. The Morgan fingerprint density at radius 2 is 2.00 bits per heavy atom. The Morgan fingerprint density at radius 3 is 2.81 bits per heavy atom. The minimum Gasteiger partial charge on any atom is -0.480 e. The van der Waals surface area contributed by atoms with Crippen molar-refractivity contribution in [2.75, 3.05) is 12.4 Å². The highest BCUT2D eigenvalue weighted by Gasteiger charge is 2.02. The van der Waals surface area contributed by atoms with Crippen molar-refractivity contribution in [2.45, 2.75) is 6.54 Å². The normalized spacial score (nSPS) is 10.3. The zero-order chi connectivity index (χ0) is 14.5. The molecule has 6 nitrogen and oxygen atoms in total. The number of hydrogen-bond donors (Lipinski definition) is 1. The first-order valence-electron chi connectivity index (χ1n) is 6.54. The second-order valence-corrected chi connectivity index (χ2v) is 4.43. The summed E-state index contributed by atoms with van der Waals surface area (Å²) in [5, 5.41) is 7.54. The average Bonchev–Trinajstić information content (AvgIpc) is 3.03. The first-order chi connectivity index (χ1) is 10.3. The third-order valence-electron chi connectivity index (χ3n) is 2.95. The standard InChI is InChI=1S/C15H15N5O/c1-21-15-10-16-9-14(19-15)17-7-12-8-18-20(11-12)13-5-3-2-4-6-13/h2-6,8-11H,7H2,1H3,(H,17,19). The molecule has 2 aromatic heterocycles. The minimum absolute atomic E-state index is 0.486. The van der Waals surface area contributed by atoms with Crippen LogP contribution in [0.4, 0.5) is 5.82 Å². The van der Waals surface area contributed by atoms with Gasteiger partial charge in [-0.1, -0.05) is 18.2 Å². The zero-order valence-electron chi connectivity index (χ0n) is 11.6. The predicted octanol–water partition coefficient (Wildman–Crippen LogP) is 2.28. The van der Waals surface area contributed by atoms with E-state index in [1.165, 1.54) is 0 Å². The molecule has 0 aliphatic rings. The number of aromatic nitrogens is 4. The molecule has 1 N–H and O–H groups in total. The molecule has 21 heavy (non-hydrogen) atoms. The van der Waals surface area contributed by atoms with E-state index < -0.39 is 0 Å². The lowest BCUT2D eigenvalue weighted by Gasteiger charge is -2.04. The highest BCUT2D eigenvalue weighted by atomic mass is 16.5. The maximum atomic E-state index is 5.04. The summed E-state index contributed by atoms with van der Waals surface area (Å²) in [6, 6.07) is 9.98. The average molecular weight is 281 g/mol. The molecule has 0 fully saturated rings.